The Labute approximate surface area is 128 Å². The zero-order chi connectivity index (χ0) is 16.7. The van der Waals surface area contributed by atoms with Crippen molar-refractivity contribution in [2.45, 2.75) is 26.3 Å². The number of carbonyl (C=O) groups excluding carboxylic acids is 2. The van der Waals surface area contributed by atoms with E-state index in [4.69, 9.17) is 5.73 Å². The van der Waals surface area contributed by atoms with Gasteiger partial charge in [-0.05, 0) is 18.1 Å². The van der Waals surface area contributed by atoms with Gasteiger partial charge in [0.05, 0.1) is 6.04 Å². The summed E-state index contributed by atoms with van der Waals surface area (Å²) in [6.07, 6.45) is 0.776. The van der Waals surface area contributed by atoms with E-state index in [9.17, 15) is 18.4 Å². The molecule has 0 aliphatic heterocycles. The first-order valence-corrected chi connectivity index (χ1v) is 7.14. The Balaban J connectivity index is 2.42. The third kappa shape index (κ3) is 4.77. The first-order chi connectivity index (χ1) is 10.4. The third-order valence-electron chi connectivity index (χ3n) is 3.46. The number of nitrogens with one attached hydrogen (secondary N) is 2. The molecule has 2 amide bonds. The van der Waals surface area contributed by atoms with E-state index in [0.717, 1.165) is 18.6 Å². The molecule has 0 radical (unpaired) electrons. The molecular weight excluding hydrogens is 292 g/mol. The lowest BCUT2D eigenvalue weighted by atomic mass is 9.99. The van der Waals surface area contributed by atoms with Gasteiger partial charge in [-0.3, -0.25) is 9.59 Å². The SMILES string of the molecule is CCC(C)C(N)C(=O)NCCNC(=O)c1c(F)cccc1F. The van der Waals surface area contributed by atoms with Crippen LogP contribution in [0.1, 0.15) is 30.6 Å². The fourth-order valence-electron chi connectivity index (χ4n) is 1.80. The van der Waals surface area contributed by atoms with Crippen LogP contribution in [0.5, 0.6) is 0 Å². The van der Waals surface area contributed by atoms with Crippen molar-refractivity contribution in [2.75, 3.05) is 13.1 Å². The molecule has 0 saturated carbocycles. The summed E-state index contributed by atoms with van der Waals surface area (Å²) in [6.45, 7) is 3.98. The van der Waals surface area contributed by atoms with Gasteiger partial charge in [0, 0.05) is 13.1 Å². The molecule has 0 heterocycles. The van der Waals surface area contributed by atoms with Gasteiger partial charge in [0.1, 0.15) is 17.2 Å². The molecule has 5 nitrogen and oxygen atoms in total. The molecule has 22 heavy (non-hydrogen) atoms. The smallest absolute Gasteiger partial charge is 0.257 e. The van der Waals surface area contributed by atoms with Crippen molar-refractivity contribution in [1.82, 2.24) is 10.6 Å². The quantitative estimate of drug-likeness (QED) is 0.661. The second-order valence-electron chi connectivity index (χ2n) is 5.05. The average molecular weight is 313 g/mol. The molecular formula is C15H21F2N3O2. The number of nitrogens with two attached hydrogens (primary N) is 1. The number of amides is 2. The minimum Gasteiger partial charge on any atom is -0.353 e. The molecule has 0 bridgehead atoms. The van der Waals surface area contributed by atoms with Crippen molar-refractivity contribution in [3.05, 3.63) is 35.4 Å². The number of rotatable bonds is 7. The van der Waals surface area contributed by atoms with Gasteiger partial charge in [-0.15, -0.1) is 0 Å². The topological polar surface area (TPSA) is 84.2 Å². The van der Waals surface area contributed by atoms with Crippen LogP contribution in [0.15, 0.2) is 18.2 Å². The lowest BCUT2D eigenvalue weighted by Gasteiger charge is -2.17. The predicted molar refractivity (Wildman–Crippen MR) is 79.1 cm³/mol. The van der Waals surface area contributed by atoms with E-state index in [1.54, 1.807) is 0 Å². The molecule has 0 saturated heterocycles. The van der Waals surface area contributed by atoms with Gasteiger partial charge < -0.3 is 16.4 Å². The molecule has 0 aromatic heterocycles. The summed E-state index contributed by atoms with van der Waals surface area (Å²) in [5.74, 6) is -3.00. The minimum atomic E-state index is -0.930. The fraction of sp³-hybridized carbons (Fsp3) is 0.467. The van der Waals surface area contributed by atoms with Crippen LogP contribution in [0.4, 0.5) is 8.78 Å². The molecule has 2 unspecified atom stereocenters. The van der Waals surface area contributed by atoms with E-state index in [0.29, 0.717) is 0 Å². The Morgan fingerprint density at radius 1 is 1.18 bits per heavy atom. The number of hydrogen-bond acceptors (Lipinski definition) is 3. The van der Waals surface area contributed by atoms with Crippen LogP contribution in [0.2, 0.25) is 0 Å². The van der Waals surface area contributed by atoms with Crippen molar-refractivity contribution in [3.63, 3.8) is 0 Å². The summed E-state index contributed by atoms with van der Waals surface area (Å²) < 4.78 is 26.8. The van der Waals surface area contributed by atoms with Crippen molar-refractivity contribution < 1.29 is 18.4 Å². The van der Waals surface area contributed by atoms with Crippen LogP contribution < -0.4 is 16.4 Å². The zero-order valence-electron chi connectivity index (χ0n) is 12.7. The van der Waals surface area contributed by atoms with Crippen molar-refractivity contribution in [3.8, 4) is 0 Å². The van der Waals surface area contributed by atoms with E-state index in [1.807, 2.05) is 13.8 Å². The Bertz CT molecular complexity index is 517. The van der Waals surface area contributed by atoms with E-state index in [2.05, 4.69) is 10.6 Å². The summed E-state index contributed by atoms with van der Waals surface area (Å²) in [7, 11) is 0. The molecule has 2 atom stereocenters. The van der Waals surface area contributed by atoms with Gasteiger partial charge in [0.15, 0.2) is 0 Å². The Kier molecular flexibility index (Phi) is 6.91. The summed E-state index contributed by atoms with van der Waals surface area (Å²) in [6, 6.07) is 2.57. The van der Waals surface area contributed by atoms with E-state index >= 15 is 0 Å². The van der Waals surface area contributed by atoms with Crippen molar-refractivity contribution in [1.29, 1.82) is 0 Å². The number of benzene rings is 1. The van der Waals surface area contributed by atoms with Crippen molar-refractivity contribution in [2.24, 2.45) is 11.7 Å². The molecule has 4 N–H and O–H groups in total. The van der Waals surface area contributed by atoms with Gasteiger partial charge in [-0.2, -0.15) is 0 Å². The molecule has 1 aromatic carbocycles. The van der Waals surface area contributed by atoms with E-state index in [-0.39, 0.29) is 24.9 Å². The van der Waals surface area contributed by atoms with Gasteiger partial charge in [0.2, 0.25) is 5.91 Å². The highest BCUT2D eigenvalue weighted by molar-refractivity contribution is 5.94. The normalized spacial score (nSPS) is 13.3. The van der Waals surface area contributed by atoms with Crippen LogP contribution in [0.3, 0.4) is 0 Å². The maximum absolute atomic E-state index is 13.4. The Morgan fingerprint density at radius 2 is 1.73 bits per heavy atom. The van der Waals surface area contributed by atoms with Gasteiger partial charge in [-0.25, -0.2) is 8.78 Å². The summed E-state index contributed by atoms with van der Waals surface area (Å²) in [4.78, 5) is 23.4. The third-order valence-corrected chi connectivity index (χ3v) is 3.46. The van der Waals surface area contributed by atoms with Gasteiger partial charge in [-0.1, -0.05) is 26.3 Å². The summed E-state index contributed by atoms with van der Waals surface area (Å²) in [5, 5.41) is 4.91. The standard InChI is InChI=1S/C15H21F2N3O2/c1-3-9(2)13(18)15(22)20-8-7-19-14(21)12-10(16)5-4-6-11(12)17/h4-6,9,13H,3,7-8,18H2,1-2H3,(H,19,21)(H,20,22). The highest BCUT2D eigenvalue weighted by Crippen LogP contribution is 2.11. The number of halogens is 2. The Morgan fingerprint density at radius 3 is 2.27 bits per heavy atom. The fourth-order valence-corrected chi connectivity index (χ4v) is 1.80. The highest BCUT2D eigenvalue weighted by Gasteiger charge is 2.19. The molecule has 122 valence electrons. The largest absolute Gasteiger partial charge is 0.353 e. The van der Waals surface area contributed by atoms with E-state index < -0.39 is 29.1 Å². The second kappa shape index (κ2) is 8.43. The first-order valence-electron chi connectivity index (χ1n) is 7.14. The van der Waals surface area contributed by atoms with Crippen LogP contribution in [0, 0.1) is 17.6 Å². The van der Waals surface area contributed by atoms with Crippen molar-refractivity contribution >= 4 is 11.8 Å². The second-order valence-corrected chi connectivity index (χ2v) is 5.05. The van der Waals surface area contributed by atoms with E-state index in [1.165, 1.54) is 6.07 Å². The summed E-state index contributed by atoms with van der Waals surface area (Å²) in [5.41, 5.74) is 5.11. The van der Waals surface area contributed by atoms with Crippen LogP contribution in [0.25, 0.3) is 0 Å². The highest BCUT2D eigenvalue weighted by atomic mass is 19.1. The average Bonchev–Trinajstić information content (AvgIpc) is 2.49. The molecule has 0 aliphatic rings. The maximum atomic E-state index is 13.4. The molecule has 1 rings (SSSR count). The minimum absolute atomic E-state index is 0.0436. The number of carbonyl (C=O) groups is 2. The summed E-state index contributed by atoms with van der Waals surface area (Å²) >= 11 is 0. The van der Waals surface area contributed by atoms with Crippen LogP contribution >= 0.6 is 0 Å². The predicted octanol–water partition coefficient (Wildman–Crippen LogP) is 1.18. The lowest BCUT2D eigenvalue weighted by Crippen LogP contribution is -2.46. The van der Waals surface area contributed by atoms with Crippen LogP contribution in [-0.2, 0) is 4.79 Å². The first kappa shape index (κ1) is 18.0. The molecule has 0 spiro atoms. The molecule has 0 aliphatic carbocycles. The van der Waals surface area contributed by atoms with Gasteiger partial charge >= 0.3 is 0 Å². The maximum Gasteiger partial charge on any atom is 0.257 e. The van der Waals surface area contributed by atoms with Crippen LogP contribution in [-0.4, -0.2) is 30.9 Å². The Hall–Kier alpha value is -2.02. The molecule has 0 fully saturated rings. The lowest BCUT2D eigenvalue weighted by molar-refractivity contribution is -0.123. The van der Waals surface area contributed by atoms with Gasteiger partial charge in [0.25, 0.3) is 5.91 Å². The number of hydrogen-bond donors (Lipinski definition) is 3. The molecule has 7 heteroatoms. The monoisotopic (exact) mass is 313 g/mol. The zero-order valence-corrected chi connectivity index (χ0v) is 12.7. The molecule has 1 aromatic rings.